The van der Waals surface area contributed by atoms with E-state index < -0.39 is 5.92 Å². The Balaban J connectivity index is 0.000000491. The summed E-state index contributed by atoms with van der Waals surface area (Å²) >= 11 is 0. The summed E-state index contributed by atoms with van der Waals surface area (Å²) < 4.78 is 36.7. The van der Waals surface area contributed by atoms with Gasteiger partial charge in [0.25, 0.3) is 5.92 Å². The highest BCUT2D eigenvalue weighted by Crippen LogP contribution is 2.50. The summed E-state index contributed by atoms with van der Waals surface area (Å²) in [6, 6.07) is 0. The molecule has 0 aromatic carbocycles. The number of rotatable bonds is 4. The monoisotopic (exact) mass is 301 g/mol. The van der Waals surface area contributed by atoms with Crippen LogP contribution in [0.5, 0.6) is 0 Å². The first-order chi connectivity index (χ1) is 9.54. The summed E-state index contributed by atoms with van der Waals surface area (Å²) in [7, 11) is 0. The van der Waals surface area contributed by atoms with Gasteiger partial charge in [-0.15, -0.1) is 0 Å². The molecule has 1 spiro atoms. The Kier molecular flexibility index (Phi) is 5.85. The van der Waals surface area contributed by atoms with Gasteiger partial charge in [-0.3, -0.25) is 0 Å². The van der Waals surface area contributed by atoms with E-state index in [0.717, 1.165) is 32.0 Å². The summed E-state index contributed by atoms with van der Waals surface area (Å²) in [5, 5.41) is 3.30. The van der Waals surface area contributed by atoms with Crippen LogP contribution < -0.4 is 5.32 Å². The van der Waals surface area contributed by atoms with Gasteiger partial charge in [0.1, 0.15) is 0 Å². The van der Waals surface area contributed by atoms with Crippen molar-refractivity contribution in [2.45, 2.75) is 46.0 Å². The van der Waals surface area contributed by atoms with Gasteiger partial charge in [-0.05, 0) is 44.4 Å². The number of alkyl halides is 2. The minimum absolute atomic E-state index is 0.0747. The fourth-order valence-electron chi connectivity index (χ4n) is 3.01. The van der Waals surface area contributed by atoms with Gasteiger partial charge in [-0.2, -0.15) is 0 Å². The van der Waals surface area contributed by atoms with Crippen molar-refractivity contribution in [1.82, 2.24) is 5.32 Å². The Bertz CT molecular complexity index is 416. The van der Waals surface area contributed by atoms with Crippen molar-refractivity contribution in [3.05, 3.63) is 36.2 Å². The summed E-state index contributed by atoms with van der Waals surface area (Å²) in [5.41, 5.74) is 1.52. The molecule has 0 bridgehead atoms. The average Bonchev–Trinajstić information content (AvgIpc) is 2.17. The second-order valence-electron chi connectivity index (χ2n) is 6.66. The molecular formula is C17H26F3N. The Morgan fingerprint density at radius 3 is 2.10 bits per heavy atom. The lowest BCUT2D eigenvalue weighted by molar-refractivity contribution is 0.000853. The molecule has 0 atom stereocenters. The normalized spacial score (nSPS) is 21.0. The molecule has 2 rings (SSSR count). The van der Waals surface area contributed by atoms with Gasteiger partial charge in [-0.1, -0.05) is 24.8 Å². The first kappa shape index (κ1) is 18.0. The van der Waals surface area contributed by atoms with Crippen molar-refractivity contribution < 1.29 is 13.2 Å². The van der Waals surface area contributed by atoms with Crippen LogP contribution in [0.3, 0.4) is 0 Å². The Hall–Kier alpha value is -1.03. The molecule has 2 aliphatic rings. The lowest BCUT2D eigenvalue weighted by atomic mass is 9.57. The standard InChI is InChI=1S/C14H21F2N.C3H5F/c1-10(4-11(2)13(3,15)16)5-12-6-14(7-12)8-17-9-14;1-3(2)4/h4,12,17H,2,5-9H2,1,3H3;1H2,2H3/b10-4+;. The fourth-order valence-corrected chi connectivity index (χ4v) is 3.01. The molecular weight excluding hydrogens is 275 g/mol. The smallest absolute Gasteiger partial charge is 0.269 e. The van der Waals surface area contributed by atoms with Crippen molar-refractivity contribution in [3.8, 4) is 0 Å². The summed E-state index contributed by atoms with van der Waals surface area (Å²) in [6.07, 6.45) is 5.00. The maximum absolute atomic E-state index is 12.9. The van der Waals surface area contributed by atoms with Crippen LogP contribution in [0, 0.1) is 11.3 Å². The van der Waals surface area contributed by atoms with Crippen molar-refractivity contribution in [1.29, 1.82) is 0 Å². The van der Waals surface area contributed by atoms with Crippen LogP contribution in [-0.2, 0) is 0 Å². The van der Waals surface area contributed by atoms with E-state index in [-0.39, 0.29) is 11.4 Å². The third kappa shape index (κ3) is 5.70. The van der Waals surface area contributed by atoms with E-state index in [1.54, 1.807) is 6.08 Å². The van der Waals surface area contributed by atoms with Crippen LogP contribution in [0.4, 0.5) is 13.2 Å². The molecule has 1 heterocycles. The predicted octanol–water partition coefficient (Wildman–Crippen LogP) is 5.02. The zero-order valence-electron chi connectivity index (χ0n) is 13.2. The van der Waals surface area contributed by atoms with Crippen molar-refractivity contribution in [2.75, 3.05) is 13.1 Å². The highest BCUT2D eigenvalue weighted by molar-refractivity contribution is 5.26. The van der Waals surface area contributed by atoms with Crippen LogP contribution in [0.1, 0.15) is 40.0 Å². The van der Waals surface area contributed by atoms with Crippen LogP contribution in [-0.4, -0.2) is 19.0 Å². The zero-order chi connectivity index (χ0) is 16.3. The number of hydrogen-bond donors (Lipinski definition) is 1. The molecule has 0 aromatic rings. The average molecular weight is 301 g/mol. The zero-order valence-corrected chi connectivity index (χ0v) is 13.2. The summed E-state index contributed by atoms with van der Waals surface area (Å²) in [5.74, 6) is -2.44. The third-order valence-electron chi connectivity index (χ3n) is 4.04. The molecule has 1 saturated heterocycles. The van der Waals surface area contributed by atoms with Crippen LogP contribution >= 0.6 is 0 Å². The van der Waals surface area contributed by atoms with Gasteiger partial charge in [0.2, 0.25) is 0 Å². The van der Waals surface area contributed by atoms with E-state index >= 15 is 0 Å². The van der Waals surface area contributed by atoms with Crippen LogP contribution in [0.15, 0.2) is 36.2 Å². The van der Waals surface area contributed by atoms with Crippen molar-refractivity contribution >= 4 is 0 Å². The molecule has 1 N–H and O–H groups in total. The lowest BCUT2D eigenvalue weighted by Crippen LogP contribution is -2.60. The molecule has 2 fully saturated rings. The molecule has 0 radical (unpaired) electrons. The first-order valence-electron chi connectivity index (χ1n) is 7.30. The topological polar surface area (TPSA) is 12.0 Å². The molecule has 1 aliphatic heterocycles. The molecule has 21 heavy (non-hydrogen) atoms. The minimum atomic E-state index is -2.79. The van der Waals surface area contributed by atoms with Gasteiger partial charge >= 0.3 is 0 Å². The van der Waals surface area contributed by atoms with Crippen LogP contribution in [0.25, 0.3) is 0 Å². The number of allylic oxidation sites excluding steroid dienone is 4. The molecule has 0 aromatic heterocycles. The molecule has 1 nitrogen and oxygen atoms in total. The lowest BCUT2D eigenvalue weighted by Gasteiger charge is -2.54. The van der Waals surface area contributed by atoms with Gasteiger partial charge in [0, 0.05) is 25.6 Å². The van der Waals surface area contributed by atoms with Gasteiger partial charge in [0.15, 0.2) is 0 Å². The van der Waals surface area contributed by atoms with E-state index in [0.29, 0.717) is 11.3 Å². The van der Waals surface area contributed by atoms with E-state index in [2.05, 4.69) is 18.5 Å². The Morgan fingerprint density at radius 1 is 1.29 bits per heavy atom. The third-order valence-corrected chi connectivity index (χ3v) is 4.04. The first-order valence-corrected chi connectivity index (χ1v) is 7.30. The maximum atomic E-state index is 12.9. The molecule has 1 aliphatic carbocycles. The maximum Gasteiger partial charge on any atom is 0.269 e. The van der Waals surface area contributed by atoms with E-state index in [1.807, 2.05) is 6.92 Å². The predicted molar refractivity (Wildman–Crippen MR) is 82.1 cm³/mol. The van der Waals surface area contributed by atoms with Crippen molar-refractivity contribution in [3.63, 3.8) is 0 Å². The summed E-state index contributed by atoms with van der Waals surface area (Å²) in [6.45, 7) is 12.8. The highest BCUT2D eigenvalue weighted by atomic mass is 19.3. The molecule has 1 saturated carbocycles. The second-order valence-corrected chi connectivity index (χ2v) is 6.66. The number of nitrogens with one attached hydrogen (secondary N) is 1. The SMILES string of the molecule is C=C(/C=C(\C)CC1CC2(CNC2)C1)C(C)(F)F.C=C(C)F. The highest BCUT2D eigenvalue weighted by Gasteiger charge is 2.47. The van der Waals surface area contributed by atoms with Crippen molar-refractivity contribution in [2.24, 2.45) is 11.3 Å². The molecule has 0 amide bonds. The Morgan fingerprint density at radius 2 is 1.76 bits per heavy atom. The number of hydrogen-bond acceptors (Lipinski definition) is 1. The second kappa shape index (κ2) is 6.82. The van der Waals surface area contributed by atoms with E-state index in [1.165, 1.54) is 19.8 Å². The minimum Gasteiger partial charge on any atom is -0.316 e. The van der Waals surface area contributed by atoms with Crippen LogP contribution in [0.2, 0.25) is 0 Å². The Labute approximate surface area is 126 Å². The van der Waals surface area contributed by atoms with Gasteiger partial charge < -0.3 is 5.32 Å². The molecule has 120 valence electrons. The van der Waals surface area contributed by atoms with E-state index in [9.17, 15) is 13.2 Å². The fraction of sp³-hybridized carbons (Fsp3) is 0.647. The summed E-state index contributed by atoms with van der Waals surface area (Å²) in [4.78, 5) is 0. The quantitative estimate of drug-likeness (QED) is 0.719. The molecule has 4 heteroatoms. The molecule has 0 unspecified atom stereocenters. The van der Waals surface area contributed by atoms with Gasteiger partial charge in [-0.25, -0.2) is 13.2 Å². The number of halogens is 3. The van der Waals surface area contributed by atoms with Gasteiger partial charge in [0.05, 0.1) is 5.83 Å². The largest absolute Gasteiger partial charge is 0.316 e. The van der Waals surface area contributed by atoms with E-state index in [4.69, 9.17) is 0 Å².